The number of halogens is 1. The summed E-state index contributed by atoms with van der Waals surface area (Å²) in [5.74, 6) is 0.989. The molecule has 0 aliphatic heterocycles. The zero-order valence-corrected chi connectivity index (χ0v) is 12.8. The first-order chi connectivity index (χ1) is 8.99. The predicted octanol–water partition coefficient (Wildman–Crippen LogP) is 3.31. The molecule has 0 spiro atoms. The molecule has 0 heterocycles. The van der Waals surface area contributed by atoms with Gasteiger partial charge >= 0.3 is 0 Å². The van der Waals surface area contributed by atoms with Crippen LogP contribution in [0.25, 0.3) is 0 Å². The Bertz CT molecular complexity index is 393. The molecular formula is C15H23ClO3. The summed E-state index contributed by atoms with van der Waals surface area (Å²) in [5, 5.41) is 11.0. The third-order valence-electron chi connectivity index (χ3n) is 3.07. The zero-order chi connectivity index (χ0) is 14.4. The molecule has 2 atom stereocenters. The summed E-state index contributed by atoms with van der Waals surface area (Å²) in [7, 11) is 1.61. The van der Waals surface area contributed by atoms with Crippen LogP contribution in [0, 0.1) is 5.92 Å². The summed E-state index contributed by atoms with van der Waals surface area (Å²) in [4.78, 5) is 0. The van der Waals surface area contributed by atoms with Gasteiger partial charge in [0, 0.05) is 18.1 Å². The summed E-state index contributed by atoms with van der Waals surface area (Å²) in [6.07, 6.45) is -0.298. The Morgan fingerprint density at radius 2 is 2.00 bits per heavy atom. The van der Waals surface area contributed by atoms with E-state index in [0.717, 1.165) is 11.3 Å². The average molecular weight is 287 g/mol. The molecule has 1 rings (SSSR count). The Morgan fingerprint density at radius 3 is 2.53 bits per heavy atom. The lowest BCUT2D eigenvalue weighted by Gasteiger charge is -2.26. The third-order valence-corrected chi connectivity index (χ3v) is 3.30. The Morgan fingerprint density at radius 1 is 1.32 bits per heavy atom. The molecule has 4 heteroatoms. The largest absolute Gasteiger partial charge is 0.496 e. The van der Waals surface area contributed by atoms with Crippen LogP contribution in [0.4, 0.5) is 0 Å². The summed E-state index contributed by atoms with van der Waals surface area (Å²) in [6.45, 7) is 6.60. The maximum atomic E-state index is 10.4. The quantitative estimate of drug-likeness (QED) is 0.836. The maximum Gasteiger partial charge on any atom is 0.122 e. The van der Waals surface area contributed by atoms with Crippen LogP contribution in [-0.4, -0.2) is 31.0 Å². The molecular weight excluding hydrogens is 264 g/mol. The smallest absolute Gasteiger partial charge is 0.122 e. The highest BCUT2D eigenvalue weighted by Crippen LogP contribution is 2.25. The normalized spacial score (nSPS) is 14.5. The van der Waals surface area contributed by atoms with Gasteiger partial charge in [0.1, 0.15) is 5.75 Å². The van der Waals surface area contributed by atoms with E-state index in [1.165, 1.54) is 0 Å². The van der Waals surface area contributed by atoms with Crippen molar-refractivity contribution in [3.05, 3.63) is 28.8 Å². The number of rotatable bonds is 7. The summed E-state index contributed by atoms with van der Waals surface area (Å²) < 4.78 is 10.9. The van der Waals surface area contributed by atoms with Crippen molar-refractivity contribution >= 4 is 11.6 Å². The molecule has 0 radical (unpaired) electrons. The standard InChI is InChI=1S/C15H23ClO3/c1-5-19-15(10(2)3)13(17)9-11-8-12(16)6-7-14(11)18-4/h6-8,10,13,15,17H,5,9H2,1-4H3. The topological polar surface area (TPSA) is 38.7 Å². The number of ether oxygens (including phenoxy) is 2. The molecule has 0 aliphatic carbocycles. The third kappa shape index (κ3) is 4.68. The van der Waals surface area contributed by atoms with Gasteiger partial charge < -0.3 is 14.6 Å². The van der Waals surface area contributed by atoms with Crippen LogP contribution in [0.15, 0.2) is 18.2 Å². The lowest BCUT2D eigenvalue weighted by Crippen LogP contribution is -2.35. The monoisotopic (exact) mass is 286 g/mol. The van der Waals surface area contributed by atoms with Gasteiger partial charge in [-0.3, -0.25) is 0 Å². The number of methoxy groups -OCH3 is 1. The first-order valence-corrected chi connectivity index (χ1v) is 6.99. The Balaban J connectivity index is 2.85. The molecule has 3 nitrogen and oxygen atoms in total. The van der Waals surface area contributed by atoms with Crippen molar-refractivity contribution in [2.24, 2.45) is 5.92 Å². The molecule has 1 N–H and O–H groups in total. The highest BCUT2D eigenvalue weighted by atomic mass is 35.5. The van der Waals surface area contributed by atoms with E-state index in [1.54, 1.807) is 13.2 Å². The Labute approximate surface area is 120 Å². The molecule has 0 aliphatic rings. The summed E-state index contributed by atoms with van der Waals surface area (Å²) >= 11 is 5.99. The van der Waals surface area contributed by atoms with Gasteiger partial charge in [-0.05, 0) is 36.6 Å². The second kappa shape index (κ2) is 7.73. The van der Waals surface area contributed by atoms with Crippen LogP contribution >= 0.6 is 11.6 Å². The van der Waals surface area contributed by atoms with Crippen molar-refractivity contribution < 1.29 is 14.6 Å². The molecule has 0 aromatic heterocycles. The molecule has 108 valence electrons. The fourth-order valence-corrected chi connectivity index (χ4v) is 2.38. The van der Waals surface area contributed by atoms with Crippen molar-refractivity contribution in [3.63, 3.8) is 0 Å². The van der Waals surface area contributed by atoms with Crippen molar-refractivity contribution in [1.29, 1.82) is 0 Å². The molecule has 19 heavy (non-hydrogen) atoms. The number of hydrogen-bond acceptors (Lipinski definition) is 3. The van der Waals surface area contributed by atoms with E-state index in [4.69, 9.17) is 21.1 Å². The van der Waals surface area contributed by atoms with Gasteiger partial charge in [0.05, 0.1) is 19.3 Å². The number of aliphatic hydroxyl groups is 1. The molecule has 0 bridgehead atoms. The molecule has 1 aromatic rings. The van der Waals surface area contributed by atoms with E-state index < -0.39 is 6.10 Å². The van der Waals surface area contributed by atoms with E-state index in [1.807, 2.05) is 32.9 Å². The van der Waals surface area contributed by atoms with E-state index in [9.17, 15) is 5.11 Å². The minimum Gasteiger partial charge on any atom is -0.496 e. The highest BCUT2D eigenvalue weighted by molar-refractivity contribution is 6.30. The van der Waals surface area contributed by atoms with Crippen molar-refractivity contribution in [1.82, 2.24) is 0 Å². The van der Waals surface area contributed by atoms with Crippen LogP contribution in [0.1, 0.15) is 26.3 Å². The van der Waals surface area contributed by atoms with Crippen LogP contribution in [0.2, 0.25) is 5.02 Å². The van der Waals surface area contributed by atoms with E-state index in [0.29, 0.717) is 18.1 Å². The van der Waals surface area contributed by atoms with Crippen LogP contribution in [0.5, 0.6) is 5.75 Å². The Hall–Kier alpha value is -0.770. The van der Waals surface area contributed by atoms with E-state index >= 15 is 0 Å². The summed E-state index contributed by atoms with van der Waals surface area (Å²) in [5.41, 5.74) is 0.896. The van der Waals surface area contributed by atoms with Crippen molar-refractivity contribution in [3.8, 4) is 5.75 Å². The van der Waals surface area contributed by atoms with Crippen molar-refractivity contribution in [2.45, 2.75) is 39.4 Å². The average Bonchev–Trinajstić information content (AvgIpc) is 2.35. The van der Waals surface area contributed by atoms with Gasteiger partial charge in [-0.2, -0.15) is 0 Å². The van der Waals surface area contributed by atoms with Gasteiger partial charge in [0.2, 0.25) is 0 Å². The molecule has 0 fully saturated rings. The van der Waals surface area contributed by atoms with Gasteiger partial charge in [0.15, 0.2) is 0 Å². The van der Waals surface area contributed by atoms with Crippen LogP contribution in [-0.2, 0) is 11.2 Å². The Kier molecular flexibility index (Phi) is 6.63. The minimum absolute atomic E-state index is 0.186. The van der Waals surface area contributed by atoms with E-state index in [-0.39, 0.29) is 12.0 Å². The molecule has 0 saturated heterocycles. The number of aliphatic hydroxyl groups excluding tert-OH is 1. The van der Waals surface area contributed by atoms with Gasteiger partial charge in [0.25, 0.3) is 0 Å². The summed E-state index contributed by atoms with van der Waals surface area (Å²) in [6, 6.07) is 5.42. The molecule has 2 unspecified atom stereocenters. The predicted molar refractivity (Wildman–Crippen MR) is 78.0 cm³/mol. The first-order valence-electron chi connectivity index (χ1n) is 6.61. The zero-order valence-electron chi connectivity index (χ0n) is 12.0. The first kappa shape index (κ1) is 16.3. The van der Waals surface area contributed by atoms with E-state index in [2.05, 4.69) is 0 Å². The lowest BCUT2D eigenvalue weighted by atomic mass is 9.96. The number of hydrogen-bond donors (Lipinski definition) is 1. The molecule has 0 saturated carbocycles. The minimum atomic E-state index is -0.577. The maximum absolute atomic E-state index is 10.4. The second-order valence-electron chi connectivity index (χ2n) is 4.89. The highest BCUT2D eigenvalue weighted by Gasteiger charge is 2.24. The van der Waals surface area contributed by atoms with Crippen LogP contribution in [0.3, 0.4) is 0 Å². The van der Waals surface area contributed by atoms with Crippen LogP contribution < -0.4 is 4.74 Å². The molecule has 1 aromatic carbocycles. The van der Waals surface area contributed by atoms with Gasteiger partial charge in [-0.15, -0.1) is 0 Å². The SMILES string of the molecule is CCOC(C(C)C)C(O)Cc1cc(Cl)ccc1OC. The fourth-order valence-electron chi connectivity index (χ4n) is 2.19. The van der Waals surface area contributed by atoms with Gasteiger partial charge in [-0.1, -0.05) is 25.4 Å². The van der Waals surface area contributed by atoms with Crippen molar-refractivity contribution in [2.75, 3.05) is 13.7 Å². The number of benzene rings is 1. The molecule has 0 amide bonds. The fraction of sp³-hybridized carbons (Fsp3) is 0.600. The second-order valence-corrected chi connectivity index (χ2v) is 5.33. The lowest BCUT2D eigenvalue weighted by molar-refractivity contribution is -0.0563. The van der Waals surface area contributed by atoms with Gasteiger partial charge in [-0.25, -0.2) is 0 Å².